The van der Waals surface area contributed by atoms with E-state index in [9.17, 15) is 5.11 Å². The van der Waals surface area contributed by atoms with Gasteiger partial charge >= 0.3 is 0 Å². The first kappa shape index (κ1) is 18.4. The van der Waals surface area contributed by atoms with Crippen LogP contribution in [0.4, 0.5) is 0 Å². The summed E-state index contributed by atoms with van der Waals surface area (Å²) in [5, 5.41) is 17.5. The minimum absolute atomic E-state index is 0.107. The smallest absolute Gasteiger partial charge is 0.0644 e. The lowest BCUT2D eigenvalue weighted by Gasteiger charge is -2.20. The molecule has 0 unspecified atom stereocenters. The standard InChI is InChI=1S/C22H27N3O/c1-17-21(18(2)25(24-17)13-14-26)16-23-22(20-11-7-4-8-12-20)15-19-9-5-3-6-10-19/h3-12,22-23,26H,13-16H2,1-2H3/t22-/m0/s1. The zero-order valence-electron chi connectivity index (χ0n) is 15.5. The van der Waals surface area contributed by atoms with Gasteiger partial charge in [-0.05, 0) is 31.4 Å². The molecule has 2 aromatic carbocycles. The third kappa shape index (κ3) is 4.40. The minimum atomic E-state index is 0.107. The molecule has 1 atom stereocenters. The van der Waals surface area contributed by atoms with Crippen molar-refractivity contribution >= 4 is 0 Å². The Bertz CT molecular complexity index is 812. The van der Waals surface area contributed by atoms with Crippen LogP contribution in [0.3, 0.4) is 0 Å². The number of hydrogen-bond acceptors (Lipinski definition) is 3. The summed E-state index contributed by atoms with van der Waals surface area (Å²) in [7, 11) is 0. The van der Waals surface area contributed by atoms with Crippen molar-refractivity contribution in [2.45, 2.75) is 39.4 Å². The fourth-order valence-corrected chi connectivity index (χ4v) is 3.37. The number of rotatable bonds is 8. The Labute approximate surface area is 155 Å². The predicted molar refractivity (Wildman–Crippen MR) is 105 cm³/mol. The fourth-order valence-electron chi connectivity index (χ4n) is 3.37. The molecule has 0 aliphatic rings. The van der Waals surface area contributed by atoms with Crippen molar-refractivity contribution in [1.29, 1.82) is 0 Å². The molecule has 3 aromatic rings. The van der Waals surface area contributed by atoms with E-state index in [1.165, 1.54) is 16.7 Å². The molecule has 4 heteroatoms. The second-order valence-electron chi connectivity index (χ2n) is 6.63. The summed E-state index contributed by atoms with van der Waals surface area (Å²) in [6.45, 7) is 5.51. The van der Waals surface area contributed by atoms with Gasteiger partial charge in [-0.15, -0.1) is 0 Å². The molecule has 0 amide bonds. The van der Waals surface area contributed by atoms with Gasteiger partial charge in [0, 0.05) is 23.8 Å². The van der Waals surface area contributed by atoms with Crippen molar-refractivity contribution in [3.63, 3.8) is 0 Å². The summed E-state index contributed by atoms with van der Waals surface area (Å²) < 4.78 is 1.89. The first-order chi connectivity index (χ1) is 12.7. The lowest BCUT2D eigenvalue weighted by molar-refractivity contribution is 0.267. The highest BCUT2D eigenvalue weighted by Crippen LogP contribution is 2.20. The number of nitrogens with one attached hydrogen (secondary N) is 1. The topological polar surface area (TPSA) is 50.1 Å². The van der Waals surface area contributed by atoms with Crippen LogP contribution in [0.5, 0.6) is 0 Å². The molecule has 0 aliphatic carbocycles. The Morgan fingerprint density at radius 3 is 2.31 bits per heavy atom. The van der Waals surface area contributed by atoms with Gasteiger partial charge in [-0.25, -0.2) is 0 Å². The largest absolute Gasteiger partial charge is 0.394 e. The average molecular weight is 349 g/mol. The molecule has 0 saturated heterocycles. The highest BCUT2D eigenvalue weighted by atomic mass is 16.3. The lowest BCUT2D eigenvalue weighted by Crippen LogP contribution is -2.23. The maximum absolute atomic E-state index is 9.20. The molecule has 136 valence electrons. The van der Waals surface area contributed by atoms with E-state index >= 15 is 0 Å². The number of aliphatic hydroxyl groups excluding tert-OH is 1. The van der Waals surface area contributed by atoms with E-state index in [0.717, 1.165) is 24.4 Å². The van der Waals surface area contributed by atoms with Crippen LogP contribution in [0, 0.1) is 13.8 Å². The first-order valence-electron chi connectivity index (χ1n) is 9.15. The van der Waals surface area contributed by atoms with Crippen LogP contribution in [0.1, 0.15) is 34.1 Å². The predicted octanol–water partition coefficient (Wildman–Crippen LogP) is 3.57. The molecular weight excluding hydrogens is 322 g/mol. The quantitative estimate of drug-likeness (QED) is 0.654. The maximum Gasteiger partial charge on any atom is 0.0644 e. The number of hydrogen-bond donors (Lipinski definition) is 2. The molecule has 3 rings (SSSR count). The van der Waals surface area contributed by atoms with E-state index in [-0.39, 0.29) is 12.6 Å². The van der Waals surface area contributed by atoms with Gasteiger partial charge in [0.15, 0.2) is 0 Å². The summed E-state index contributed by atoms with van der Waals surface area (Å²) >= 11 is 0. The van der Waals surface area contributed by atoms with E-state index in [4.69, 9.17) is 0 Å². The molecule has 0 saturated carbocycles. The van der Waals surface area contributed by atoms with Gasteiger partial charge in [-0.3, -0.25) is 4.68 Å². The second kappa shape index (κ2) is 8.79. The van der Waals surface area contributed by atoms with Crippen molar-refractivity contribution in [2.24, 2.45) is 0 Å². The van der Waals surface area contributed by atoms with E-state index in [0.29, 0.717) is 6.54 Å². The summed E-state index contributed by atoms with van der Waals surface area (Å²) in [6.07, 6.45) is 0.938. The number of aryl methyl sites for hydroxylation is 1. The molecule has 4 nitrogen and oxygen atoms in total. The molecule has 0 spiro atoms. The summed E-state index contributed by atoms with van der Waals surface area (Å²) in [4.78, 5) is 0. The first-order valence-corrected chi connectivity index (χ1v) is 9.15. The van der Waals surface area contributed by atoms with E-state index in [2.05, 4.69) is 78.0 Å². The Morgan fingerprint density at radius 1 is 1.00 bits per heavy atom. The molecule has 1 heterocycles. The van der Waals surface area contributed by atoms with Gasteiger partial charge in [0.2, 0.25) is 0 Å². The number of benzene rings is 2. The molecule has 0 bridgehead atoms. The minimum Gasteiger partial charge on any atom is -0.394 e. The van der Waals surface area contributed by atoms with Gasteiger partial charge in [-0.1, -0.05) is 60.7 Å². The SMILES string of the molecule is Cc1nn(CCO)c(C)c1CN[C@@H](Cc1ccccc1)c1ccccc1. The number of aliphatic hydroxyl groups is 1. The van der Waals surface area contributed by atoms with Crippen molar-refractivity contribution in [1.82, 2.24) is 15.1 Å². The third-order valence-corrected chi connectivity index (χ3v) is 4.85. The maximum atomic E-state index is 9.20. The summed E-state index contributed by atoms with van der Waals surface area (Å²) in [5.41, 5.74) is 5.96. The molecule has 1 aromatic heterocycles. The Morgan fingerprint density at radius 2 is 1.65 bits per heavy atom. The molecule has 0 aliphatic heterocycles. The molecule has 0 radical (unpaired) electrons. The van der Waals surface area contributed by atoms with Crippen molar-refractivity contribution in [3.05, 3.63) is 88.7 Å². The average Bonchev–Trinajstić information content (AvgIpc) is 2.94. The molecule has 26 heavy (non-hydrogen) atoms. The normalized spacial score (nSPS) is 12.3. The molecule has 0 fully saturated rings. The van der Waals surface area contributed by atoms with Crippen molar-refractivity contribution < 1.29 is 5.11 Å². The number of nitrogens with zero attached hydrogens (tertiary/aromatic N) is 2. The fraction of sp³-hybridized carbons (Fsp3) is 0.318. The van der Waals surface area contributed by atoms with Gasteiger partial charge in [0.25, 0.3) is 0 Å². The molecule has 2 N–H and O–H groups in total. The summed E-state index contributed by atoms with van der Waals surface area (Å²) in [5.74, 6) is 0. The summed E-state index contributed by atoms with van der Waals surface area (Å²) in [6, 6.07) is 21.4. The van der Waals surface area contributed by atoms with Crippen LogP contribution in [0.25, 0.3) is 0 Å². The van der Waals surface area contributed by atoms with Gasteiger partial charge < -0.3 is 10.4 Å². The van der Waals surface area contributed by atoms with E-state index in [1.807, 2.05) is 11.6 Å². The van der Waals surface area contributed by atoms with Crippen molar-refractivity contribution in [3.8, 4) is 0 Å². The highest BCUT2D eigenvalue weighted by molar-refractivity contribution is 5.27. The Balaban J connectivity index is 1.78. The number of aromatic nitrogens is 2. The van der Waals surface area contributed by atoms with Gasteiger partial charge in [0.05, 0.1) is 18.8 Å². The third-order valence-electron chi connectivity index (χ3n) is 4.85. The lowest BCUT2D eigenvalue weighted by atomic mass is 9.98. The van der Waals surface area contributed by atoms with Crippen LogP contribution < -0.4 is 5.32 Å². The second-order valence-corrected chi connectivity index (χ2v) is 6.63. The monoisotopic (exact) mass is 349 g/mol. The van der Waals surface area contributed by atoms with Gasteiger partial charge in [-0.2, -0.15) is 5.10 Å². The van der Waals surface area contributed by atoms with Crippen LogP contribution in [0.2, 0.25) is 0 Å². The molecular formula is C22H27N3O. The van der Waals surface area contributed by atoms with Gasteiger partial charge in [0.1, 0.15) is 0 Å². The zero-order valence-corrected chi connectivity index (χ0v) is 15.5. The van der Waals surface area contributed by atoms with E-state index in [1.54, 1.807) is 0 Å². The van der Waals surface area contributed by atoms with Crippen LogP contribution in [0.15, 0.2) is 60.7 Å². The van der Waals surface area contributed by atoms with Crippen LogP contribution in [-0.2, 0) is 19.5 Å². The van der Waals surface area contributed by atoms with Crippen LogP contribution >= 0.6 is 0 Å². The highest BCUT2D eigenvalue weighted by Gasteiger charge is 2.15. The van der Waals surface area contributed by atoms with E-state index < -0.39 is 0 Å². The van der Waals surface area contributed by atoms with Crippen molar-refractivity contribution in [2.75, 3.05) is 6.61 Å². The Kier molecular flexibility index (Phi) is 6.21. The Hall–Kier alpha value is -2.43. The van der Waals surface area contributed by atoms with Crippen LogP contribution in [-0.4, -0.2) is 21.5 Å². The zero-order chi connectivity index (χ0) is 18.4.